The van der Waals surface area contributed by atoms with Crippen LogP contribution >= 0.6 is 0 Å². The normalized spacial score (nSPS) is 11.2. The lowest BCUT2D eigenvalue weighted by atomic mass is 10.0. The third-order valence-electron chi connectivity index (χ3n) is 4.76. The van der Waals surface area contributed by atoms with Crippen molar-refractivity contribution in [2.24, 2.45) is 4.99 Å². The van der Waals surface area contributed by atoms with Gasteiger partial charge >= 0.3 is 5.69 Å². The van der Waals surface area contributed by atoms with Crippen LogP contribution in [0.5, 0.6) is 5.88 Å². The van der Waals surface area contributed by atoms with Crippen LogP contribution in [-0.4, -0.2) is 20.9 Å². The van der Waals surface area contributed by atoms with Crippen molar-refractivity contribution in [2.75, 3.05) is 0 Å². The average molecular weight is 377 g/mol. The molecule has 144 valence electrons. The molecule has 3 rings (SSSR count). The van der Waals surface area contributed by atoms with E-state index in [-0.39, 0.29) is 5.56 Å². The van der Waals surface area contributed by atoms with Crippen molar-refractivity contribution in [2.45, 2.75) is 33.6 Å². The number of para-hydroxylation sites is 2. The molecule has 6 heteroatoms. The van der Waals surface area contributed by atoms with Crippen molar-refractivity contribution in [1.29, 1.82) is 0 Å². The third kappa shape index (κ3) is 3.53. The zero-order chi connectivity index (χ0) is 20.3. The van der Waals surface area contributed by atoms with E-state index in [1.807, 2.05) is 51.1 Å². The van der Waals surface area contributed by atoms with Gasteiger partial charge in [-0.2, -0.15) is 0 Å². The van der Waals surface area contributed by atoms with Crippen LogP contribution in [0.1, 0.15) is 36.1 Å². The Balaban J connectivity index is 2.19. The minimum atomic E-state index is -0.697. The first kappa shape index (κ1) is 19.4. The molecule has 6 nitrogen and oxygen atoms in total. The molecule has 0 fully saturated rings. The van der Waals surface area contributed by atoms with Gasteiger partial charge in [0, 0.05) is 6.21 Å². The minimum Gasteiger partial charge on any atom is -0.493 e. The Morgan fingerprint density at radius 1 is 1.04 bits per heavy atom. The van der Waals surface area contributed by atoms with Crippen molar-refractivity contribution in [1.82, 2.24) is 9.55 Å². The molecule has 3 aromatic rings. The van der Waals surface area contributed by atoms with Gasteiger partial charge in [0.05, 0.1) is 11.4 Å². The molecular formula is C22H23N3O3. The molecule has 0 radical (unpaired) electrons. The third-order valence-corrected chi connectivity index (χ3v) is 4.76. The van der Waals surface area contributed by atoms with Crippen molar-refractivity contribution >= 4 is 11.9 Å². The van der Waals surface area contributed by atoms with Crippen LogP contribution in [-0.2, 0) is 12.8 Å². The molecule has 0 atom stereocenters. The lowest BCUT2D eigenvalue weighted by molar-refractivity contribution is 0.430. The highest BCUT2D eigenvalue weighted by atomic mass is 16.3. The van der Waals surface area contributed by atoms with Gasteiger partial charge < -0.3 is 5.11 Å². The number of aliphatic imine (C=N–C) groups is 1. The zero-order valence-corrected chi connectivity index (χ0v) is 16.2. The summed E-state index contributed by atoms with van der Waals surface area (Å²) >= 11 is 0. The van der Waals surface area contributed by atoms with Gasteiger partial charge in [0.2, 0.25) is 5.88 Å². The predicted octanol–water partition coefficient (Wildman–Crippen LogP) is 3.42. The Hall–Kier alpha value is -3.41. The summed E-state index contributed by atoms with van der Waals surface area (Å²) in [6, 6.07) is 13.1. The van der Waals surface area contributed by atoms with E-state index in [0.717, 1.165) is 39.8 Å². The predicted molar refractivity (Wildman–Crippen MR) is 112 cm³/mol. The van der Waals surface area contributed by atoms with Gasteiger partial charge in [-0.25, -0.2) is 9.36 Å². The minimum absolute atomic E-state index is 0.0594. The van der Waals surface area contributed by atoms with Crippen LogP contribution in [0.25, 0.3) is 5.69 Å². The van der Waals surface area contributed by atoms with Crippen molar-refractivity contribution in [3.05, 3.63) is 85.6 Å². The molecule has 0 spiro atoms. The number of hydrogen-bond acceptors (Lipinski definition) is 4. The summed E-state index contributed by atoms with van der Waals surface area (Å²) in [5.41, 5.74) is 2.76. The van der Waals surface area contributed by atoms with Crippen molar-refractivity contribution in [3.8, 4) is 11.6 Å². The molecule has 0 aliphatic heterocycles. The number of aromatic hydroxyl groups is 1. The van der Waals surface area contributed by atoms with Gasteiger partial charge in [-0.05, 0) is 42.5 Å². The van der Waals surface area contributed by atoms with Crippen LogP contribution in [0, 0.1) is 6.92 Å². The second-order valence-electron chi connectivity index (χ2n) is 6.51. The molecule has 0 aliphatic rings. The first-order chi connectivity index (χ1) is 13.5. The summed E-state index contributed by atoms with van der Waals surface area (Å²) in [4.78, 5) is 31.5. The molecule has 0 amide bonds. The van der Waals surface area contributed by atoms with Gasteiger partial charge in [0.25, 0.3) is 5.56 Å². The van der Waals surface area contributed by atoms with E-state index < -0.39 is 17.1 Å². The van der Waals surface area contributed by atoms with E-state index in [2.05, 4.69) is 9.98 Å². The molecular weight excluding hydrogens is 354 g/mol. The van der Waals surface area contributed by atoms with Gasteiger partial charge in [-0.3, -0.25) is 14.8 Å². The molecule has 28 heavy (non-hydrogen) atoms. The maximum Gasteiger partial charge on any atom is 0.335 e. The van der Waals surface area contributed by atoms with E-state index in [1.54, 1.807) is 12.1 Å². The van der Waals surface area contributed by atoms with Crippen LogP contribution in [0.2, 0.25) is 0 Å². The Labute approximate surface area is 162 Å². The number of aromatic nitrogens is 2. The van der Waals surface area contributed by atoms with E-state index in [1.165, 1.54) is 6.21 Å². The average Bonchev–Trinajstić information content (AvgIpc) is 2.68. The summed E-state index contributed by atoms with van der Waals surface area (Å²) in [6.07, 6.45) is 2.92. The lowest BCUT2D eigenvalue weighted by Crippen LogP contribution is -2.31. The number of nitrogens with one attached hydrogen (secondary N) is 1. The highest BCUT2D eigenvalue weighted by Crippen LogP contribution is 2.26. The fourth-order valence-electron chi connectivity index (χ4n) is 3.20. The zero-order valence-electron chi connectivity index (χ0n) is 16.2. The van der Waals surface area contributed by atoms with Crippen molar-refractivity contribution in [3.63, 3.8) is 0 Å². The number of H-pyrrole nitrogens is 1. The van der Waals surface area contributed by atoms with Crippen LogP contribution in [0.3, 0.4) is 0 Å². The lowest BCUT2D eigenvalue weighted by Gasteiger charge is -2.12. The van der Waals surface area contributed by atoms with E-state index in [0.29, 0.717) is 5.69 Å². The largest absolute Gasteiger partial charge is 0.493 e. The molecule has 2 N–H and O–H groups in total. The number of rotatable bonds is 5. The molecule has 1 aromatic heterocycles. The summed E-state index contributed by atoms with van der Waals surface area (Å²) < 4.78 is 1.09. The SMILES string of the molecule is CCc1cccc(CC)c1N=Cc1c(O)n(-c2ccccc2C)c(=O)[nH]c1=O. The van der Waals surface area contributed by atoms with E-state index in [4.69, 9.17) is 0 Å². The molecule has 2 aromatic carbocycles. The van der Waals surface area contributed by atoms with Crippen LogP contribution in [0.15, 0.2) is 57.0 Å². The summed E-state index contributed by atoms with van der Waals surface area (Å²) in [7, 11) is 0. The Morgan fingerprint density at radius 2 is 1.68 bits per heavy atom. The van der Waals surface area contributed by atoms with Crippen LogP contribution < -0.4 is 11.2 Å². The highest BCUT2D eigenvalue weighted by molar-refractivity contribution is 5.85. The smallest absolute Gasteiger partial charge is 0.335 e. The van der Waals surface area contributed by atoms with Gasteiger partial charge in [-0.15, -0.1) is 0 Å². The van der Waals surface area contributed by atoms with E-state index in [9.17, 15) is 14.7 Å². The van der Waals surface area contributed by atoms with Gasteiger partial charge in [-0.1, -0.05) is 50.2 Å². The second-order valence-corrected chi connectivity index (χ2v) is 6.51. The molecule has 0 unspecified atom stereocenters. The quantitative estimate of drug-likeness (QED) is 0.668. The molecule has 0 saturated heterocycles. The Bertz CT molecular complexity index is 1130. The monoisotopic (exact) mass is 377 g/mol. The van der Waals surface area contributed by atoms with Gasteiger partial charge in [0.1, 0.15) is 5.56 Å². The summed E-state index contributed by atoms with van der Waals surface area (Å²) in [5, 5.41) is 10.7. The Morgan fingerprint density at radius 3 is 2.29 bits per heavy atom. The highest BCUT2D eigenvalue weighted by Gasteiger charge is 2.15. The number of aryl methyl sites for hydroxylation is 3. The van der Waals surface area contributed by atoms with Gasteiger partial charge in [0.15, 0.2) is 0 Å². The maximum absolute atomic E-state index is 12.3. The molecule has 0 aliphatic carbocycles. The second kappa shape index (κ2) is 8.08. The molecule has 0 saturated carbocycles. The van der Waals surface area contributed by atoms with E-state index >= 15 is 0 Å². The van der Waals surface area contributed by atoms with Crippen LogP contribution in [0.4, 0.5) is 5.69 Å². The molecule has 1 heterocycles. The summed E-state index contributed by atoms with van der Waals surface area (Å²) in [6.45, 7) is 5.90. The fraction of sp³-hybridized carbons (Fsp3) is 0.227. The number of hydrogen-bond donors (Lipinski definition) is 2. The first-order valence-electron chi connectivity index (χ1n) is 9.27. The number of aromatic amines is 1. The maximum atomic E-state index is 12.3. The fourth-order valence-corrected chi connectivity index (χ4v) is 3.20. The first-order valence-corrected chi connectivity index (χ1v) is 9.27. The topological polar surface area (TPSA) is 87.4 Å². The standard InChI is InChI=1S/C22H23N3O3/c1-4-15-10-8-11-16(5-2)19(15)23-13-17-20(26)24-22(28)25(21(17)27)18-12-7-6-9-14(18)3/h6-13,27H,4-5H2,1-3H3,(H,24,26,28). The molecule has 0 bridgehead atoms. The number of benzene rings is 2. The van der Waals surface area contributed by atoms with Crippen molar-refractivity contribution < 1.29 is 5.11 Å². The number of nitrogens with zero attached hydrogens (tertiary/aromatic N) is 2. The summed E-state index contributed by atoms with van der Waals surface area (Å²) in [5.74, 6) is -0.432. The Kier molecular flexibility index (Phi) is 5.59.